The van der Waals surface area contributed by atoms with Gasteiger partial charge in [-0.1, -0.05) is 97.1 Å². The first-order valence-corrected chi connectivity index (χ1v) is 13.6. The number of fused-ring (bicyclic) bond motifs is 5. The Labute approximate surface area is 236 Å². The van der Waals surface area contributed by atoms with Crippen molar-refractivity contribution in [2.75, 3.05) is 16.8 Å². The molecular weight excluding hydrogens is 512 g/mol. The molecule has 0 fully saturated rings. The van der Waals surface area contributed by atoms with Gasteiger partial charge in [0.15, 0.2) is 0 Å². The lowest BCUT2D eigenvalue weighted by atomic mass is 9.67. The highest BCUT2D eigenvalue weighted by Gasteiger charge is 2.63. The molecule has 4 aromatic carbocycles. The van der Waals surface area contributed by atoms with Gasteiger partial charge < -0.3 is 15.0 Å². The number of aromatic nitrogens is 2. The summed E-state index contributed by atoms with van der Waals surface area (Å²) in [6.45, 7) is 0.427. The number of nitrogens with zero attached hydrogens (tertiary/aromatic N) is 3. The Kier molecular flexibility index (Phi) is 5.03. The molecule has 1 atom stereocenters. The quantitative estimate of drug-likeness (QED) is 0.302. The van der Waals surface area contributed by atoms with Crippen molar-refractivity contribution >= 4 is 23.4 Å². The van der Waals surface area contributed by atoms with Gasteiger partial charge in [-0.2, -0.15) is 5.10 Å². The van der Waals surface area contributed by atoms with Crippen molar-refractivity contribution in [3.63, 3.8) is 0 Å². The molecule has 1 spiro atoms. The average molecular weight is 537 g/mol. The van der Waals surface area contributed by atoms with Gasteiger partial charge in [0.25, 0.3) is 0 Å². The fraction of sp³-hybridized carbons (Fsp3) is 0.0882. The highest BCUT2D eigenvalue weighted by Crippen LogP contribution is 2.59. The molecule has 0 saturated carbocycles. The van der Waals surface area contributed by atoms with Gasteiger partial charge in [0, 0.05) is 22.4 Å². The predicted octanol–water partition coefficient (Wildman–Crippen LogP) is 5.61. The number of amides is 1. The maximum Gasteiger partial charge on any atom is 0.338 e. The largest absolute Gasteiger partial charge is 0.456 e. The standard InChI is InChI=1S/C34H24N4O3/c39-32-28-26(21-41-32)35-31-29(30(23-14-6-2-7-15-23)36-38(31)24-16-8-3-9-17-24)34(28)25-18-10-11-19-27(25)37(33(34)40)20-22-12-4-1-5-13-22/h1-19,35H,20-21H2. The van der Waals surface area contributed by atoms with Crippen molar-refractivity contribution in [1.82, 2.24) is 9.78 Å². The molecule has 41 heavy (non-hydrogen) atoms. The summed E-state index contributed by atoms with van der Waals surface area (Å²) in [6, 6.07) is 37.3. The molecule has 4 heterocycles. The van der Waals surface area contributed by atoms with E-state index in [0.29, 0.717) is 34.9 Å². The zero-order chi connectivity index (χ0) is 27.6. The van der Waals surface area contributed by atoms with Gasteiger partial charge in [0.1, 0.15) is 17.8 Å². The number of hydrogen-bond acceptors (Lipinski definition) is 5. The van der Waals surface area contributed by atoms with Gasteiger partial charge in [0.05, 0.1) is 29.2 Å². The Morgan fingerprint density at radius 2 is 1.46 bits per heavy atom. The third-order valence-corrected chi connectivity index (χ3v) is 8.15. The first-order chi connectivity index (χ1) is 20.2. The summed E-state index contributed by atoms with van der Waals surface area (Å²) in [5, 5.41) is 8.60. The number of para-hydroxylation sites is 2. The van der Waals surface area contributed by atoms with Crippen molar-refractivity contribution in [2.24, 2.45) is 0 Å². The molecule has 7 nitrogen and oxygen atoms in total. The van der Waals surface area contributed by atoms with Crippen LogP contribution < -0.4 is 10.2 Å². The molecule has 7 heteroatoms. The van der Waals surface area contributed by atoms with E-state index in [9.17, 15) is 4.79 Å². The maximum atomic E-state index is 15.1. The number of cyclic esters (lactones) is 1. The van der Waals surface area contributed by atoms with E-state index in [0.717, 1.165) is 28.1 Å². The molecule has 0 bridgehead atoms. The molecule has 8 rings (SSSR count). The highest BCUT2D eigenvalue weighted by molar-refractivity contribution is 6.20. The maximum absolute atomic E-state index is 15.1. The molecule has 1 unspecified atom stereocenters. The minimum Gasteiger partial charge on any atom is -0.456 e. The van der Waals surface area contributed by atoms with E-state index in [2.05, 4.69) is 5.32 Å². The zero-order valence-electron chi connectivity index (χ0n) is 22.0. The summed E-state index contributed by atoms with van der Waals surface area (Å²) in [6.07, 6.45) is 0. The van der Waals surface area contributed by atoms with E-state index in [4.69, 9.17) is 9.84 Å². The second-order valence-electron chi connectivity index (χ2n) is 10.4. The molecule has 0 aliphatic carbocycles. The van der Waals surface area contributed by atoms with Crippen LogP contribution in [0.5, 0.6) is 0 Å². The number of ether oxygens (including phenoxy) is 1. The van der Waals surface area contributed by atoms with Crippen LogP contribution in [0.15, 0.2) is 127 Å². The first-order valence-electron chi connectivity index (χ1n) is 13.6. The Hall–Kier alpha value is -5.43. The normalized spacial score (nSPS) is 18.7. The van der Waals surface area contributed by atoms with E-state index < -0.39 is 11.4 Å². The Bertz CT molecular complexity index is 1880. The summed E-state index contributed by atoms with van der Waals surface area (Å²) in [5.41, 5.74) is 4.97. The number of nitrogens with one attached hydrogen (secondary N) is 1. The Morgan fingerprint density at radius 3 is 2.22 bits per heavy atom. The first kappa shape index (κ1) is 23.5. The van der Waals surface area contributed by atoms with E-state index in [1.807, 2.05) is 120 Å². The SMILES string of the molecule is O=C1OCC2=C1C1(C(=O)N(Cc3ccccc3)c3ccccc31)c1c(-c3ccccc3)nn(-c3ccccc3)c1N2. The average Bonchev–Trinajstić information content (AvgIpc) is 3.67. The summed E-state index contributed by atoms with van der Waals surface area (Å²) < 4.78 is 7.45. The number of rotatable bonds is 4. The lowest BCUT2D eigenvalue weighted by Crippen LogP contribution is -2.46. The molecule has 198 valence electrons. The van der Waals surface area contributed by atoms with Crippen molar-refractivity contribution in [2.45, 2.75) is 12.0 Å². The number of benzene rings is 4. The second-order valence-corrected chi connectivity index (χ2v) is 10.4. The van der Waals surface area contributed by atoms with Crippen LogP contribution in [0.3, 0.4) is 0 Å². The molecule has 3 aliphatic rings. The van der Waals surface area contributed by atoms with Gasteiger partial charge in [-0.3, -0.25) is 4.79 Å². The molecule has 1 amide bonds. The number of carbonyl (C=O) groups excluding carboxylic acids is 2. The van der Waals surface area contributed by atoms with Crippen molar-refractivity contribution in [3.8, 4) is 16.9 Å². The second kappa shape index (κ2) is 8.79. The van der Waals surface area contributed by atoms with E-state index in [1.54, 1.807) is 4.90 Å². The summed E-state index contributed by atoms with van der Waals surface area (Å²) in [4.78, 5) is 30.5. The molecule has 3 aliphatic heterocycles. The number of hydrogen-bond donors (Lipinski definition) is 1. The smallest absolute Gasteiger partial charge is 0.338 e. The van der Waals surface area contributed by atoms with Crippen LogP contribution in [0.1, 0.15) is 16.7 Å². The minimum absolute atomic E-state index is 0.0597. The van der Waals surface area contributed by atoms with Crippen LogP contribution >= 0.6 is 0 Å². The molecule has 5 aromatic rings. The van der Waals surface area contributed by atoms with Crippen LogP contribution in [0.25, 0.3) is 16.9 Å². The van der Waals surface area contributed by atoms with Gasteiger partial charge in [0.2, 0.25) is 5.91 Å². The predicted molar refractivity (Wildman–Crippen MR) is 155 cm³/mol. The van der Waals surface area contributed by atoms with Crippen LogP contribution in [-0.2, 0) is 26.3 Å². The third kappa shape index (κ3) is 3.23. The van der Waals surface area contributed by atoms with E-state index in [1.165, 1.54) is 0 Å². The van der Waals surface area contributed by atoms with Gasteiger partial charge in [-0.25, -0.2) is 9.48 Å². The third-order valence-electron chi connectivity index (χ3n) is 8.15. The topological polar surface area (TPSA) is 76.5 Å². The van der Waals surface area contributed by atoms with Gasteiger partial charge >= 0.3 is 5.97 Å². The van der Waals surface area contributed by atoms with Crippen molar-refractivity contribution in [1.29, 1.82) is 0 Å². The molecule has 0 saturated heterocycles. The molecular formula is C34H24N4O3. The monoisotopic (exact) mass is 536 g/mol. The Balaban J connectivity index is 1.47. The molecule has 1 aromatic heterocycles. The summed E-state index contributed by atoms with van der Waals surface area (Å²) >= 11 is 0. The lowest BCUT2D eigenvalue weighted by molar-refractivity contribution is -0.137. The van der Waals surface area contributed by atoms with Crippen LogP contribution in [0.4, 0.5) is 11.5 Å². The van der Waals surface area contributed by atoms with Crippen LogP contribution in [0, 0.1) is 0 Å². The lowest BCUT2D eigenvalue weighted by Gasteiger charge is -2.34. The summed E-state index contributed by atoms with van der Waals surface area (Å²) in [5.74, 6) is -0.0346. The van der Waals surface area contributed by atoms with E-state index in [-0.39, 0.29) is 12.5 Å². The number of anilines is 2. The Morgan fingerprint density at radius 1 is 0.805 bits per heavy atom. The van der Waals surface area contributed by atoms with Crippen LogP contribution in [0.2, 0.25) is 0 Å². The highest BCUT2D eigenvalue weighted by atomic mass is 16.5. The fourth-order valence-electron chi connectivity index (χ4n) is 6.45. The van der Waals surface area contributed by atoms with Gasteiger partial charge in [-0.05, 0) is 23.8 Å². The van der Waals surface area contributed by atoms with Gasteiger partial charge in [-0.15, -0.1) is 0 Å². The zero-order valence-corrected chi connectivity index (χ0v) is 22.0. The number of esters is 1. The molecule has 0 radical (unpaired) electrons. The molecule has 1 N–H and O–H groups in total. The summed E-state index contributed by atoms with van der Waals surface area (Å²) in [7, 11) is 0. The van der Waals surface area contributed by atoms with Crippen molar-refractivity contribution in [3.05, 3.63) is 143 Å². The minimum atomic E-state index is -1.44. The fourth-order valence-corrected chi connectivity index (χ4v) is 6.45. The van der Waals surface area contributed by atoms with Crippen molar-refractivity contribution < 1.29 is 14.3 Å². The number of carbonyl (C=O) groups is 2. The van der Waals surface area contributed by atoms with E-state index >= 15 is 4.79 Å². The van der Waals surface area contributed by atoms with Crippen LogP contribution in [-0.4, -0.2) is 28.3 Å².